The van der Waals surface area contributed by atoms with E-state index in [1.165, 1.54) is 35.2 Å². The highest BCUT2D eigenvalue weighted by Crippen LogP contribution is 2.28. The summed E-state index contributed by atoms with van der Waals surface area (Å²) >= 11 is 8.50. The third kappa shape index (κ3) is 4.81. The second kappa shape index (κ2) is 8.31. The predicted octanol–water partition coefficient (Wildman–Crippen LogP) is 5.10. The molecule has 2 aromatic carbocycles. The molecule has 3 aromatic rings. The number of amides is 1. The van der Waals surface area contributed by atoms with Crippen LogP contribution in [0.25, 0.3) is 11.3 Å². The first-order valence-electron chi connectivity index (χ1n) is 7.40. The van der Waals surface area contributed by atoms with E-state index >= 15 is 0 Å². The summed E-state index contributed by atoms with van der Waals surface area (Å²) in [5, 5.41) is 16.5. The van der Waals surface area contributed by atoms with Crippen molar-refractivity contribution in [1.29, 1.82) is 0 Å². The number of thioether (sulfide) groups is 1. The number of non-ortho nitro benzene ring substituents is 1. The molecule has 0 spiro atoms. The molecule has 0 aliphatic heterocycles. The fraction of sp³-hybridized carbons (Fsp3) is 0.0588. The molecule has 0 unspecified atom stereocenters. The predicted molar refractivity (Wildman–Crippen MR) is 105 cm³/mol. The molecular weight excluding hydrogens is 394 g/mol. The third-order valence-corrected chi connectivity index (χ3v) is 5.31. The number of anilines is 1. The number of thiazole rings is 1. The van der Waals surface area contributed by atoms with E-state index in [-0.39, 0.29) is 17.3 Å². The highest BCUT2D eigenvalue weighted by Gasteiger charge is 2.11. The Balaban J connectivity index is 1.61. The molecule has 0 radical (unpaired) electrons. The van der Waals surface area contributed by atoms with Gasteiger partial charge in [0.15, 0.2) is 5.13 Å². The molecule has 6 nitrogen and oxygen atoms in total. The van der Waals surface area contributed by atoms with E-state index in [1.807, 2.05) is 12.1 Å². The zero-order valence-electron chi connectivity index (χ0n) is 13.2. The van der Waals surface area contributed by atoms with E-state index in [0.29, 0.717) is 21.4 Å². The third-order valence-electron chi connectivity index (χ3n) is 3.29. The molecule has 1 aromatic heterocycles. The van der Waals surface area contributed by atoms with Crippen LogP contribution >= 0.6 is 34.7 Å². The van der Waals surface area contributed by atoms with Crippen molar-refractivity contribution in [1.82, 2.24) is 4.98 Å². The Labute approximate surface area is 162 Å². The Morgan fingerprint density at radius 3 is 2.77 bits per heavy atom. The quantitative estimate of drug-likeness (QED) is 0.350. The van der Waals surface area contributed by atoms with Gasteiger partial charge in [0.25, 0.3) is 5.69 Å². The SMILES string of the molecule is O=C(CSc1ccc(Cl)cc1)Nc1nc(-c2cccc([N+](=O)[O-])c2)cs1. The van der Waals surface area contributed by atoms with Crippen molar-refractivity contribution in [2.45, 2.75) is 4.90 Å². The molecule has 132 valence electrons. The van der Waals surface area contributed by atoms with Crippen molar-refractivity contribution in [3.05, 3.63) is 69.0 Å². The van der Waals surface area contributed by atoms with Crippen LogP contribution in [0.1, 0.15) is 0 Å². The minimum Gasteiger partial charge on any atom is -0.301 e. The van der Waals surface area contributed by atoms with Crippen LogP contribution in [0.2, 0.25) is 5.02 Å². The van der Waals surface area contributed by atoms with Gasteiger partial charge >= 0.3 is 0 Å². The first-order valence-corrected chi connectivity index (χ1v) is 9.64. The maximum absolute atomic E-state index is 12.1. The number of nitro benzene ring substituents is 1. The summed E-state index contributed by atoms with van der Waals surface area (Å²) in [6.45, 7) is 0. The molecular formula is C17H12ClN3O3S2. The highest BCUT2D eigenvalue weighted by molar-refractivity contribution is 8.00. The highest BCUT2D eigenvalue weighted by atomic mass is 35.5. The minimum atomic E-state index is -0.452. The van der Waals surface area contributed by atoms with Crippen LogP contribution in [-0.4, -0.2) is 21.6 Å². The summed E-state index contributed by atoms with van der Waals surface area (Å²) < 4.78 is 0. The number of carbonyl (C=O) groups is 1. The first-order chi connectivity index (χ1) is 12.5. The number of hydrogen-bond acceptors (Lipinski definition) is 6. The maximum Gasteiger partial charge on any atom is 0.270 e. The summed E-state index contributed by atoms with van der Waals surface area (Å²) in [7, 11) is 0. The van der Waals surface area contributed by atoms with Crippen LogP contribution in [0.5, 0.6) is 0 Å². The summed E-state index contributed by atoms with van der Waals surface area (Å²) in [5.74, 6) is 0.0674. The van der Waals surface area contributed by atoms with E-state index in [1.54, 1.807) is 29.6 Å². The van der Waals surface area contributed by atoms with Gasteiger partial charge in [-0.15, -0.1) is 23.1 Å². The van der Waals surface area contributed by atoms with Crippen molar-refractivity contribution < 1.29 is 9.72 Å². The van der Waals surface area contributed by atoms with Gasteiger partial charge in [0.05, 0.1) is 16.4 Å². The van der Waals surface area contributed by atoms with Crippen molar-refractivity contribution in [2.24, 2.45) is 0 Å². The molecule has 3 rings (SSSR count). The average Bonchev–Trinajstić information content (AvgIpc) is 3.10. The number of nitro groups is 1. The van der Waals surface area contributed by atoms with Gasteiger partial charge in [0.1, 0.15) is 0 Å². The van der Waals surface area contributed by atoms with Crippen molar-refractivity contribution >= 4 is 51.4 Å². The van der Waals surface area contributed by atoms with Crippen LogP contribution in [0.4, 0.5) is 10.8 Å². The standard InChI is InChI=1S/C17H12ClN3O3S2/c18-12-4-6-14(7-5-12)25-10-16(22)20-17-19-15(9-26-17)11-2-1-3-13(8-11)21(23)24/h1-9H,10H2,(H,19,20,22). The summed E-state index contributed by atoms with van der Waals surface area (Å²) in [4.78, 5) is 27.7. The molecule has 1 amide bonds. The lowest BCUT2D eigenvalue weighted by molar-refractivity contribution is -0.384. The van der Waals surface area contributed by atoms with Crippen LogP contribution in [0.15, 0.2) is 58.8 Å². The summed E-state index contributed by atoms with van der Waals surface area (Å²) in [6, 6.07) is 13.5. The van der Waals surface area contributed by atoms with E-state index in [0.717, 1.165) is 4.90 Å². The van der Waals surface area contributed by atoms with Gasteiger partial charge in [-0.25, -0.2) is 4.98 Å². The van der Waals surface area contributed by atoms with E-state index < -0.39 is 4.92 Å². The van der Waals surface area contributed by atoms with Crippen LogP contribution in [0, 0.1) is 10.1 Å². The Morgan fingerprint density at radius 1 is 1.27 bits per heavy atom. The van der Waals surface area contributed by atoms with Crippen LogP contribution < -0.4 is 5.32 Å². The number of aromatic nitrogens is 1. The van der Waals surface area contributed by atoms with Gasteiger partial charge in [0, 0.05) is 33.0 Å². The Morgan fingerprint density at radius 2 is 2.04 bits per heavy atom. The average molecular weight is 406 g/mol. The topological polar surface area (TPSA) is 85.1 Å². The number of hydrogen-bond donors (Lipinski definition) is 1. The molecule has 1 N–H and O–H groups in total. The van der Waals surface area contributed by atoms with Gasteiger partial charge in [-0.2, -0.15) is 0 Å². The lowest BCUT2D eigenvalue weighted by Gasteiger charge is -2.02. The Hall–Kier alpha value is -2.42. The van der Waals surface area contributed by atoms with Gasteiger partial charge in [0.2, 0.25) is 5.91 Å². The van der Waals surface area contributed by atoms with Gasteiger partial charge in [-0.3, -0.25) is 14.9 Å². The second-order valence-electron chi connectivity index (χ2n) is 5.14. The number of halogens is 1. The molecule has 0 aliphatic carbocycles. The molecule has 0 saturated heterocycles. The van der Waals surface area contributed by atoms with Crippen molar-refractivity contribution in [3.63, 3.8) is 0 Å². The Bertz CT molecular complexity index is 944. The van der Waals surface area contributed by atoms with Gasteiger partial charge in [-0.1, -0.05) is 23.7 Å². The Kier molecular flexibility index (Phi) is 5.87. The molecule has 9 heteroatoms. The van der Waals surface area contributed by atoms with Crippen LogP contribution in [-0.2, 0) is 4.79 Å². The zero-order valence-corrected chi connectivity index (χ0v) is 15.6. The van der Waals surface area contributed by atoms with Gasteiger partial charge in [-0.05, 0) is 24.3 Å². The first kappa shape index (κ1) is 18.4. The summed E-state index contributed by atoms with van der Waals surface area (Å²) in [6.07, 6.45) is 0. The molecule has 26 heavy (non-hydrogen) atoms. The fourth-order valence-corrected chi connectivity index (χ4v) is 3.64. The van der Waals surface area contributed by atoms with Crippen LogP contribution in [0.3, 0.4) is 0 Å². The van der Waals surface area contributed by atoms with E-state index in [2.05, 4.69) is 10.3 Å². The van der Waals surface area contributed by atoms with Crippen molar-refractivity contribution in [3.8, 4) is 11.3 Å². The lowest BCUT2D eigenvalue weighted by Crippen LogP contribution is -2.13. The largest absolute Gasteiger partial charge is 0.301 e. The molecule has 0 saturated carbocycles. The zero-order chi connectivity index (χ0) is 18.5. The fourth-order valence-electron chi connectivity index (χ4n) is 2.08. The number of carbonyl (C=O) groups excluding carboxylic acids is 1. The number of nitrogens with one attached hydrogen (secondary N) is 1. The number of benzene rings is 2. The molecule has 1 heterocycles. The number of rotatable bonds is 6. The minimum absolute atomic E-state index is 0.000417. The lowest BCUT2D eigenvalue weighted by atomic mass is 10.1. The normalized spacial score (nSPS) is 10.5. The monoisotopic (exact) mass is 405 g/mol. The molecule has 0 atom stereocenters. The van der Waals surface area contributed by atoms with E-state index in [4.69, 9.17) is 11.6 Å². The van der Waals surface area contributed by atoms with E-state index in [9.17, 15) is 14.9 Å². The van der Waals surface area contributed by atoms with Crippen molar-refractivity contribution in [2.75, 3.05) is 11.1 Å². The second-order valence-corrected chi connectivity index (χ2v) is 7.48. The van der Waals surface area contributed by atoms with Gasteiger partial charge < -0.3 is 5.32 Å². The molecule has 0 bridgehead atoms. The maximum atomic E-state index is 12.1. The molecule has 0 fully saturated rings. The summed E-state index contributed by atoms with van der Waals surface area (Å²) in [5.41, 5.74) is 1.21. The smallest absolute Gasteiger partial charge is 0.270 e. The molecule has 0 aliphatic rings. The number of nitrogens with zero attached hydrogens (tertiary/aromatic N) is 2.